The molecule has 0 aliphatic carbocycles. The minimum absolute atomic E-state index is 0.0897. The van der Waals surface area contributed by atoms with Crippen molar-refractivity contribution >= 4 is 21.4 Å². The van der Waals surface area contributed by atoms with Gasteiger partial charge in [0, 0.05) is 12.0 Å². The molecule has 1 fully saturated rings. The highest BCUT2D eigenvalue weighted by Crippen LogP contribution is 2.22. The van der Waals surface area contributed by atoms with Gasteiger partial charge in [-0.15, -0.1) is 0 Å². The second-order valence-corrected chi connectivity index (χ2v) is 7.26. The van der Waals surface area contributed by atoms with E-state index in [1.807, 2.05) is 0 Å². The molecule has 6 heteroatoms. The first-order chi connectivity index (χ1) is 10.00. The summed E-state index contributed by atoms with van der Waals surface area (Å²) in [7, 11) is -2.96. The molecular formula is C15H17NO4S. The average Bonchev–Trinajstić information content (AvgIpc) is 2.76. The second kappa shape index (κ2) is 6.74. The first kappa shape index (κ1) is 15.5. The van der Waals surface area contributed by atoms with E-state index < -0.39 is 9.84 Å². The Hall–Kier alpha value is -1.84. The number of benzene rings is 1. The lowest BCUT2D eigenvalue weighted by Crippen LogP contribution is -2.18. The average molecular weight is 307 g/mol. The summed E-state index contributed by atoms with van der Waals surface area (Å²) in [6, 6.07) is 7.04. The number of rotatable bonds is 3. The fourth-order valence-electron chi connectivity index (χ4n) is 2.33. The zero-order valence-electron chi connectivity index (χ0n) is 11.5. The standard InChI is InChI=1S/C15H17NO4S/c17-8-3-5-13-4-1-2-6-14(13)16-15(18)10-12-7-9-21(19,20)11-12/h1-2,4,6,12,17H,7-11H2,(H,16,18). The molecule has 0 spiro atoms. The molecule has 5 nitrogen and oxygen atoms in total. The summed E-state index contributed by atoms with van der Waals surface area (Å²) in [5.41, 5.74) is 1.20. The van der Waals surface area contributed by atoms with Crippen molar-refractivity contribution in [1.82, 2.24) is 0 Å². The van der Waals surface area contributed by atoms with E-state index in [1.165, 1.54) is 0 Å². The molecule has 0 radical (unpaired) electrons. The Balaban J connectivity index is 2.00. The number of carbonyl (C=O) groups excluding carboxylic acids is 1. The van der Waals surface area contributed by atoms with Gasteiger partial charge < -0.3 is 10.4 Å². The topological polar surface area (TPSA) is 83.5 Å². The summed E-state index contributed by atoms with van der Waals surface area (Å²) in [6.45, 7) is -0.248. The zero-order chi connectivity index (χ0) is 15.3. The molecule has 21 heavy (non-hydrogen) atoms. The third-order valence-electron chi connectivity index (χ3n) is 3.30. The molecule has 1 aliphatic heterocycles. The normalized spacial score (nSPS) is 19.6. The molecule has 0 bridgehead atoms. The SMILES string of the molecule is O=C(CC1CCS(=O)(=O)C1)Nc1ccccc1C#CCO. The van der Waals surface area contributed by atoms with Gasteiger partial charge in [0.2, 0.25) is 5.91 Å². The monoisotopic (exact) mass is 307 g/mol. The highest BCUT2D eigenvalue weighted by atomic mass is 32.2. The number of hydrogen-bond donors (Lipinski definition) is 2. The van der Waals surface area contributed by atoms with Crippen molar-refractivity contribution in [2.24, 2.45) is 5.92 Å². The van der Waals surface area contributed by atoms with Crippen molar-refractivity contribution in [2.45, 2.75) is 12.8 Å². The number of sulfone groups is 1. The number of aliphatic hydroxyl groups is 1. The first-order valence-electron chi connectivity index (χ1n) is 6.69. The van der Waals surface area contributed by atoms with Gasteiger partial charge in [0.05, 0.1) is 17.2 Å². The summed E-state index contributed by atoms with van der Waals surface area (Å²) >= 11 is 0. The molecule has 0 saturated carbocycles. The molecule has 2 N–H and O–H groups in total. The lowest BCUT2D eigenvalue weighted by atomic mass is 10.0. The van der Waals surface area contributed by atoms with E-state index in [0.717, 1.165) is 0 Å². The fraction of sp³-hybridized carbons (Fsp3) is 0.400. The lowest BCUT2D eigenvalue weighted by Gasteiger charge is -2.10. The van der Waals surface area contributed by atoms with Crippen molar-refractivity contribution in [3.63, 3.8) is 0 Å². The predicted molar refractivity (Wildman–Crippen MR) is 80.4 cm³/mol. The van der Waals surface area contributed by atoms with Crippen LogP contribution in [-0.4, -0.2) is 37.5 Å². The molecule has 112 valence electrons. The summed E-state index contributed by atoms with van der Waals surface area (Å²) in [5, 5.41) is 11.5. The Morgan fingerprint density at radius 1 is 1.38 bits per heavy atom. The quantitative estimate of drug-likeness (QED) is 0.809. The van der Waals surface area contributed by atoms with Crippen LogP contribution in [0.3, 0.4) is 0 Å². The number of hydrogen-bond acceptors (Lipinski definition) is 4. The van der Waals surface area contributed by atoms with Gasteiger partial charge in [-0.1, -0.05) is 24.0 Å². The summed E-state index contributed by atoms with van der Waals surface area (Å²) in [5.74, 6) is 5.24. The molecule has 1 atom stereocenters. The van der Waals surface area contributed by atoms with Gasteiger partial charge >= 0.3 is 0 Å². The van der Waals surface area contributed by atoms with Crippen LogP contribution in [0.1, 0.15) is 18.4 Å². The van der Waals surface area contributed by atoms with Gasteiger partial charge in [0.1, 0.15) is 6.61 Å². The number of aliphatic hydroxyl groups excluding tert-OH is 1. The fourth-order valence-corrected chi connectivity index (χ4v) is 4.19. The van der Waals surface area contributed by atoms with E-state index in [-0.39, 0.29) is 36.4 Å². The third kappa shape index (κ3) is 4.59. The maximum Gasteiger partial charge on any atom is 0.224 e. The molecule has 1 heterocycles. The minimum Gasteiger partial charge on any atom is -0.384 e. The largest absolute Gasteiger partial charge is 0.384 e. The highest BCUT2D eigenvalue weighted by molar-refractivity contribution is 7.91. The highest BCUT2D eigenvalue weighted by Gasteiger charge is 2.29. The van der Waals surface area contributed by atoms with Gasteiger partial charge in [-0.25, -0.2) is 8.42 Å². The van der Waals surface area contributed by atoms with Crippen LogP contribution < -0.4 is 5.32 Å². The van der Waals surface area contributed by atoms with E-state index in [1.54, 1.807) is 24.3 Å². The Bertz CT molecular complexity index is 685. The summed E-state index contributed by atoms with van der Waals surface area (Å²) in [4.78, 5) is 12.0. The molecule has 1 aromatic rings. The summed E-state index contributed by atoms with van der Waals surface area (Å²) in [6.07, 6.45) is 0.739. The van der Waals surface area contributed by atoms with Crippen LogP contribution in [0.25, 0.3) is 0 Å². The van der Waals surface area contributed by atoms with Crippen LogP contribution in [0, 0.1) is 17.8 Å². The molecule has 0 aromatic heterocycles. The predicted octanol–water partition coefficient (Wildman–Crippen LogP) is 0.794. The Morgan fingerprint density at radius 2 is 2.14 bits per heavy atom. The van der Waals surface area contributed by atoms with Crippen LogP contribution in [0.5, 0.6) is 0 Å². The van der Waals surface area contributed by atoms with Crippen molar-refractivity contribution < 1.29 is 18.3 Å². The number of nitrogens with one attached hydrogen (secondary N) is 1. The Labute approximate surface area is 124 Å². The van der Waals surface area contributed by atoms with Crippen LogP contribution in [0.15, 0.2) is 24.3 Å². The molecule has 1 amide bonds. The maximum atomic E-state index is 12.0. The van der Waals surface area contributed by atoms with Crippen LogP contribution in [0.2, 0.25) is 0 Å². The zero-order valence-corrected chi connectivity index (χ0v) is 12.3. The van der Waals surface area contributed by atoms with Gasteiger partial charge in [-0.2, -0.15) is 0 Å². The van der Waals surface area contributed by atoms with Crippen molar-refractivity contribution in [3.8, 4) is 11.8 Å². The van der Waals surface area contributed by atoms with E-state index >= 15 is 0 Å². The van der Waals surface area contributed by atoms with Crippen LogP contribution in [-0.2, 0) is 14.6 Å². The molecular weight excluding hydrogens is 290 g/mol. The Morgan fingerprint density at radius 3 is 2.81 bits per heavy atom. The number of anilines is 1. The third-order valence-corrected chi connectivity index (χ3v) is 5.14. The van der Waals surface area contributed by atoms with Gasteiger partial charge in [-0.05, 0) is 24.5 Å². The van der Waals surface area contributed by atoms with Gasteiger partial charge in [0.25, 0.3) is 0 Å². The molecule has 1 aliphatic rings. The van der Waals surface area contributed by atoms with E-state index in [9.17, 15) is 13.2 Å². The minimum atomic E-state index is -2.96. The lowest BCUT2D eigenvalue weighted by molar-refractivity contribution is -0.116. The maximum absolute atomic E-state index is 12.0. The van der Waals surface area contributed by atoms with Crippen molar-refractivity contribution in [3.05, 3.63) is 29.8 Å². The van der Waals surface area contributed by atoms with Crippen molar-refractivity contribution in [1.29, 1.82) is 0 Å². The van der Waals surface area contributed by atoms with Gasteiger partial charge in [0.15, 0.2) is 9.84 Å². The number of para-hydroxylation sites is 1. The van der Waals surface area contributed by atoms with E-state index in [0.29, 0.717) is 17.7 Å². The molecule has 1 saturated heterocycles. The summed E-state index contributed by atoms with van der Waals surface area (Å²) < 4.78 is 22.8. The van der Waals surface area contributed by atoms with Crippen molar-refractivity contribution in [2.75, 3.05) is 23.4 Å². The molecule has 1 aromatic carbocycles. The Kier molecular flexibility index (Phi) is 4.99. The van der Waals surface area contributed by atoms with E-state index in [2.05, 4.69) is 17.2 Å². The molecule has 1 unspecified atom stereocenters. The number of amides is 1. The van der Waals surface area contributed by atoms with Crippen LogP contribution >= 0.6 is 0 Å². The molecule has 2 rings (SSSR count). The smallest absolute Gasteiger partial charge is 0.224 e. The van der Waals surface area contributed by atoms with Gasteiger partial charge in [-0.3, -0.25) is 4.79 Å². The second-order valence-electron chi connectivity index (χ2n) is 5.03. The van der Waals surface area contributed by atoms with Crippen LogP contribution in [0.4, 0.5) is 5.69 Å². The first-order valence-corrected chi connectivity index (χ1v) is 8.51. The van der Waals surface area contributed by atoms with E-state index in [4.69, 9.17) is 5.11 Å². The number of carbonyl (C=O) groups is 1.